The summed E-state index contributed by atoms with van der Waals surface area (Å²) in [5.74, 6) is 0.0466. The van der Waals surface area contributed by atoms with Gasteiger partial charge < -0.3 is 10.2 Å². The lowest BCUT2D eigenvalue weighted by Gasteiger charge is -2.28. The number of carbonyl (C=O) groups excluding carboxylic acids is 1. The Hall–Kier alpha value is -2.96. The first-order chi connectivity index (χ1) is 12.1. The van der Waals surface area contributed by atoms with Crippen molar-refractivity contribution in [3.63, 3.8) is 0 Å². The van der Waals surface area contributed by atoms with Crippen LogP contribution in [0.25, 0.3) is 0 Å². The van der Waals surface area contributed by atoms with Crippen LogP contribution in [0, 0.1) is 17.0 Å². The number of anilines is 2. The van der Waals surface area contributed by atoms with Gasteiger partial charge in [-0.05, 0) is 49.9 Å². The number of nitrogens with zero attached hydrogens (tertiary/aromatic N) is 3. The normalized spacial score (nSPS) is 14.2. The monoisotopic (exact) mass is 340 g/mol. The third-order valence-electron chi connectivity index (χ3n) is 4.37. The molecule has 1 aromatic carbocycles. The predicted octanol–water partition coefficient (Wildman–Crippen LogP) is 3.54. The van der Waals surface area contributed by atoms with Gasteiger partial charge in [-0.2, -0.15) is 0 Å². The Morgan fingerprint density at radius 3 is 2.68 bits per heavy atom. The number of aryl methyl sites for hydroxylation is 1. The summed E-state index contributed by atoms with van der Waals surface area (Å²) in [4.78, 5) is 29.6. The van der Waals surface area contributed by atoms with Crippen molar-refractivity contribution >= 4 is 23.1 Å². The molecule has 1 amide bonds. The van der Waals surface area contributed by atoms with Crippen molar-refractivity contribution in [1.82, 2.24) is 4.98 Å². The van der Waals surface area contributed by atoms with Crippen LogP contribution in [0.5, 0.6) is 0 Å². The Morgan fingerprint density at radius 1 is 1.24 bits per heavy atom. The van der Waals surface area contributed by atoms with E-state index in [2.05, 4.69) is 10.3 Å². The highest BCUT2D eigenvalue weighted by Crippen LogP contribution is 2.31. The zero-order valence-corrected chi connectivity index (χ0v) is 14.1. The zero-order valence-electron chi connectivity index (χ0n) is 14.1. The lowest BCUT2D eigenvalue weighted by Crippen LogP contribution is -2.30. The van der Waals surface area contributed by atoms with Crippen LogP contribution in [0.3, 0.4) is 0 Å². The third-order valence-corrected chi connectivity index (χ3v) is 4.37. The van der Waals surface area contributed by atoms with Crippen LogP contribution in [-0.2, 0) is 0 Å². The Balaban J connectivity index is 1.87. The molecule has 0 saturated carbocycles. The van der Waals surface area contributed by atoms with Gasteiger partial charge in [-0.3, -0.25) is 14.9 Å². The maximum Gasteiger partial charge on any atom is 0.293 e. The molecule has 0 bridgehead atoms. The van der Waals surface area contributed by atoms with Gasteiger partial charge in [-0.15, -0.1) is 0 Å². The van der Waals surface area contributed by atoms with Crippen molar-refractivity contribution in [2.24, 2.45) is 0 Å². The average Bonchev–Trinajstić information content (AvgIpc) is 2.63. The molecule has 0 spiro atoms. The van der Waals surface area contributed by atoms with E-state index in [0.717, 1.165) is 37.9 Å². The first-order valence-corrected chi connectivity index (χ1v) is 8.32. The molecule has 7 nitrogen and oxygen atoms in total. The summed E-state index contributed by atoms with van der Waals surface area (Å²) >= 11 is 0. The van der Waals surface area contributed by atoms with Gasteiger partial charge in [-0.25, -0.2) is 4.98 Å². The molecule has 130 valence electrons. The molecule has 2 heterocycles. The van der Waals surface area contributed by atoms with Gasteiger partial charge in [0, 0.05) is 30.9 Å². The van der Waals surface area contributed by atoms with Gasteiger partial charge in [-0.1, -0.05) is 6.07 Å². The Labute approximate surface area is 145 Å². The molecule has 1 aliphatic rings. The number of benzene rings is 1. The molecule has 1 aliphatic heterocycles. The molecule has 25 heavy (non-hydrogen) atoms. The van der Waals surface area contributed by atoms with Crippen molar-refractivity contribution in [2.45, 2.75) is 26.2 Å². The van der Waals surface area contributed by atoms with Crippen LogP contribution in [0.2, 0.25) is 0 Å². The van der Waals surface area contributed by atoms with Gasteiger partial charge in [0.05, 0.1) is 4.92 Å². The third kappa shape index (κ3) is 3.76. The van der Waals surface area contributed by atoms with E-state index in [0.29, 0.717) is 11.5 Å². The molecule has 0 unspecified atom stereocenters. The van der Waals surface area contributed by atoms with Crippen LogP contribution in [0.1, 0.15) is 35.2 Å². The van der Waals surface area contributed by atoms with E-state index in [1.807, 2.05) is 17.9 Å². The highest BCUT2D eigenvalue weighted by molar-refractivity contribution is 6.05. The second-order valence-corrected chi connectivity index (χ2v) is 6.13. The van der Waals surface area contributed by atoms with Gasteiger partial charge in [0.15, 0.2) is 0 Å². The van der Waals surface area contributed by atoms with Gasteiger partial charge in [0.25, 0.3) is 11.6 Å². The molecule has 1 fully saturated rings. The summed E-state index contributed by atoms with van der Waals surface area (Å²) in [6, 6.07) is 8.26. The van der Waals surface area contributed by atoms with Crippen molar-refractivity contribution in [3.05, 3.63) is 57.8 Å². The van der Waals surface area contributed by atoms with Crippen molar-refractivity contribution in [2.75, 3.05) is 23.3 Å². The van der Waals surface area contributed by atoms with E-state index in [9.17, 15) is 14.9 Å². The highest BCUT2D eigenvalue weighted by Gasteiger charge is 2.23. The number of nitro benzene ring substituents is 1. The number of rotatable bonds is 4. The van der Waals surface area contributed by atoms with E-state index < -0.39 is 10.8 Å². The van der Waals surface area contributed by atoms with Gasteiger partial charge in [0.1, 0.15) is 11.5 Å². The maximum absolute atomic E-state index is 12.4. The van der Waals surface area contributed by atoms with Gasteiger partial charge >= 0.3 is 0 Å². The number of hydrogen-bond donors (Lipinski definition) is 1. The van der Waals surface area contributed by atoms with E-state index in [-0.39, 0.29) is 11.3 Å². The number of amides is 1. The number of hydrogen-bond acceptors (Lipinski definition) is 5. The van der Waals surface area contributed by atoms with Gasteiger partial charge in [0.2, 0.25) is 0 Å². The first kappa shape index (κ1) is 16.9. The van der Waals surface area contributed by atoms with E-state index in [1.54, 1.807) is 24.4 Å². The predicted molar refractivity (Wildman–Crippen MR) is 96.1 cm³/mol. The molecule has 1 aromatic heterocycles. The summed E-state index contributed by atoms with van der Waals surface area (Å²) in [7, 11) is 0. The number of carbonyl (C=O) groups is 1. The average molecular weight is 340 g/mol. The standard InChI is InChI=1S/C18H20N4O3/c1-13-6-5-9-19-17(13)20-18(23)14-7-8-15(16(12-14)22(24)25)21-10-3-2-4-11-21/h5-9,12H,2-4,10-11H2,1H3,(H,19,20,23). The topological polar surface area (TPSA) is 88.4 Å². The summed E-state index contributed by atoms with van der Waals surface area (Å²) in [6.07, 6.45) is 4.79. The van der Waals surface area contributed by atoms with E-state index in [4.69, 9.17) is 0 Å². The quantitative estimate of drug-likeness (QED) is 0.679. The Kier molecular flexibility index (Phi) is 4.92. The lowest BCUT2D eigenvalue weighted by molar-refractivity contribution is -0.384. The minimum atomic E-state index is -0.424. The van der Waals surface area contributed by atoms with E-state index >= 15 is 0 Å². The largest absolute Gasteiger partial charge is 0.366 e. The number of piperidine rings is 1. The summed E-state index contributed by atoms with van der Waals surface area (Å²) in [5, 5.41) is 14.2. The van der Waals surface area contributed by atoms with Crippen LogP contribution >= 0.6 is 0 Å². The SMILES string of the molecule is Cc1cccnc1NC(=O)c1ccc(N2CCCCC2)c([N+](=O)[O-])c1. The highest BCUT2D eigenvalue weighted by atomic mass is 16.6. The Morgan fingerprint density at radius 2 is 2.00 bits per heavy atom. The molecule has 3 rings (SSSR count). The van der Waals surface area contributed by atoms with Crippen LogP contribution in [0.4, 0.5) is 17.2 Å². The smallest absolute Gasteiger partial charge is 0.293 e. The van der Waals surface area contributed by atoms with Crippen molar-refractivity contribution in [1.29, 1.82) is 0 Å². The molecular weight excluding hydrogens is 320 g/mol. The van der Waals surface area contributed by atoms with Crippen molar-refractivity contribution in [3.8, 4) is 0 Å². The minimum Gasteiger partial charge on any atom is -0.366 e. The molecule has 0 atom stereocenters. The molecular formula is C18H20N4O3. The molecule has 0 aliphatic carbocycles. The summed E-state index contributed by atoms with van der Waals surface area (Å²) < 4.78 is 0. The van der Waals surface area contributed by atoms with Crippen LogP contribution in [-0.4, -0.2) is 28.9 Å². The second kappa shape index (κ2) is 7.29. The number of aromatic nitrogens is 1. The van der Waals surface area contributed by atoms with Crippen LogP contribution in [0.15, 0.2) is 36.5 Å². The molecule has 1 saturated heterocycles. The van der Waals surface area contributed by atoms with Crippen LogP contribution < -0.4 is 10.2 Å². The number of nitro groups is 1. The van der Waals surface area contributed by atoms with Crippen molar-refractivity contribution < 1.29 is 9.72 Å². The molecule has 7 heteroatoms. The molecule has 2 aromatic rings. The lowest BCUT2D eigenvalue weighted by atomic mass is 10.1. The molecule has 0 radical (unpaired) electrons. The zero-order chi connectivity index (χ0) is 17.8. The minimum absolute atomic E-state index is 0.0349. The first-order valence-electron chi connectivity index (χ1n) is 8.32. The number of pyridine rings is 1. The van der Waals surface area contributed by atoms with E-state index in [1.165, 1.54) is 6.07 Å². The molecule has 1 N–H and O–H groups in total. The fourth-order valence-corrected chi connectivity index (χ4v) is 3.01. The summed E-state index contributed by atoms with van der Waals surface area (Å²) in [5.41, 5.74) is 1.62. The summed E-state index contributed by atoms with van der Waals surface area (Å²) in [6.45, 7) is 3.45. The Bertz CT molecular complexity index is 801. The fourth-order valence-electron chi connectivity index (χ4n) is 3.01. The fraction of sp³-hybridized carbons (Fsp3) is 0.333. The number of nitrogens with one attached hydrogen (secondary N) is 1. The maximum atomic E-state index is 12.4. The second-order valence-electron chi connectivity index (χ2n) is 6.13.